The molecule has 0 saturated heterocycles. The average Bonchev–Trinajstić information content (AvgIpc) is 2.46. The zero-order valence-corrected chi connectivity index (χ0v) is 10.3. The highest BCUT2D eigenvalue weighted by Crippen LogP contribution is 2.11. The molecule has 0 aliphatic heterocycles. The summed E-state index contributed by atoms with van der Waals surface area (Å²) in [7, 11) is 1.28. The monoisotopic (exact) mass is 261 g/mol. The standard InChI is InChI=1S/C13H12FN3O2/c1-19-13(18)11-12(16-7-6-15-11)17-8-9-2-4-10(14)5-3-9/h2-7H,8H2,1H3,(H,16,17). The molecule has 0 spiro atoms. The van der Waals surface area contributed by atoms with Crippen molar-refractivity contribution in [3.8, 4) is 0 Å². The SMILES string of the molecule is COC(=O)c1nccnc1NCc1ccc(F)cc1. The molecule has 0 aliphatic rings. The number of carbonyl (C=O) groups excluding carboxylic acids is 1. The van der Waals surface area contributed by atoms with Gasteiger partial charge in [-0.3, -0.25) is 0 Å². The summed E-state index contributed by atoms with van der Waals surface area (Å²) >= 11 is 0. The van der Waals surface area contributed by atoms with Crippen LogP contribution in [0.15, 0.2) is 36.7 Å². The fraction of sp³-hybridized carbons (Fsp3) is 0.154. The lowest BCUT2D eigenvalue weighted by molar-refractivity contribution is 0.0594. The van der Waals surface area contributed by atoms with Crippen LogP contribution in [-0.4, -0.2) is 23.0 Å². The molecule has 2 aromatic rings. The number of aromatic nitrogens is 2. The number of benzene rings is 1. The van der Waals surface area contributed by atoms with Crippen molar-refractivity contribution in [1.29, 1.82) is 0 Å². The summed E-state index contributed by atoms with van der Waals surface area (Å²) in [6.07, 6.45) is 2.88. The molecular weight excluding hydrogens is 249 g/mol. The highest BCUT2D eigenvalue weighted by Gasteiger charge is 2.13. The highest BCUT2D eigenvalue weighted by molar-refractivity contribution is 5.92. The molecule has 5 nitrogen and oxygen atoms in total. The van der Waals surface area contributed by atoms with Crippen molar-refractivity contribution >= 4 is 11.8 Å². The highest BCUT2D eigenvalue weighted by atomic mass is 19.1. The minimum Gasteiger partial charge on any atom is -0.464 e. The van der Waals surface area contributed by atoms with Crippen molar-refractivity contribution in [2.75, 3.05) is 12.4 Å². The second-order valence-electron chi connectivity index (χ2n) is 3.73. The predicted molar refractivity (Wildman–Crippen MR) is 67.1 cm³/mol. The Morgan fingerprint density at radius 3 is 2.63 bits per heavy atom. The van der Waals surface area contributed by atoms with Crippen LogP contribution in [0, 0.1) is 5.82 Å². The minimum atomic E-state index is -0.560. The topological polar surface area (TPSA) is 64.1 Å². The van der Waals surface area contributed by atoms with Crippen LogP contribution in [0.3, 0.4) is 0 Å². The van der Waals surface area contributed by atoms with Crippen molar-refractivity contribution in [3.05, 3.63) is 53.7 Å². The fourth-order valence-electron chi connectivity index (χ4n) is 1.50. The van der Waals surface area contributed by atoms with Gasteiger partial charge in [-0.2, -0.15) is 0 Å². The second-order valence-corrected chi connectivity index (χ2v) is 3.73. The lowest BCUT2D eigenvalue weighted by atomic mass is 10.2. The van der Waals surface area contributed by atoms with Gasteiger partial charge in [-0.05, 0) is 17.7 Å². The number of hydrogen-bond donors (Lipinski definition) is 1. The Morgan fingerprint density at radius 1 is 1.26 bits per heavy atom. The molecule has 98 valence electrons. The van der Waals surface area contributed by atoms with Gasteiger partial charge in [-0.1, -0.05) is 12.1 Å². The summed E-state index contributed by atoms with van der Waals surface area (Å²) in [5.41, 5.74) is 0.981. The molecule has 0 saturated carbocycles. The van der Waals surface area contributed by atoms with Gasteiger partial charge in [0.1, 0.15) is 5.82 Å². The quantitative estimate of drug-likeness (QED) is 0.853. The van der Waals surface area contributed by atoms with Crippen LogP contribution in [0.4, 0.5) is 10.2 Å². The van der Waals surface area contributed by atoms with Gasteiger partial charge in [0.25, 0.3) is 0 Å². The van der Waals surface area contributed by atoms with Crippen LogP contribution >= 0.6 is 0 Å². The molecule has 0 amide bonds. The molecule has 19 heavy (non-hydrogen) atoms. The molecule has 0 radical (unpaired) electrons. The molecular formula is C13H12FN3O2. The molecule has 6 heteroatoms. The minimum absolute atomic E-state index is 0.118. The van der Waals surface area contributed by atoms with E-state index in [4.69, 9.17) is 0 Å². The molecule has 1 aromatic carbocycles. The smallest absolute Gasteiger partial charge is 0.360 e. The molecule has 0 atom stereocenters. The van der Waals surface area contributed by atoms with Crippen molar-refractivity contribution < 1.29 is 13.9 Å². The van der Waals surface area contributed by atoms with Gasteiger partial charge >= 0.3 is 5.97 Å². The number of esters is 1. The number of nitrogens with zero attached hydrogens (tertiary/aromatic N) is 2. The molecule has 0 aliphatic carbocycles. The van der Waals surface area contributed by atoms with E-state index in [2.05, 4.69) is 20.0 Å². The van der Waals surface area contributed by atoms with Crippen LogP contribution in [0.1, 0.15) is 16.1 Å². The van der Waals surface area contributed by atoms with Gasteiger partial charge in [0.15, 0.2) is 11.5 Å². The van der Waals surface area contributed by atoms with E-state index in [1.807, 2.05) is 0 Å². The molecule has 0 unspecified atom stereocenters. The maximum absolute atomic E-state index is 12.8. The maximum Gasteiger partial charge on any atom is 0.360 e. The zero-order chi connectivity index (χ0) is 13.7. The van der Waals surface area contributed by atoms with E-state index in [0.717, 1.165) is 5.56 Å². The number of carbonyl (C=O) groups is 1. The molecule has 1 aromatic heterocycles. The van der Waals surface area contributed by atoms with Gasteiger partial charge in [0.05, 0.1) is 7.11 Å². The number of halogens is 1. The first kappa shape index (κ1) is 12.9. The Balaban J connectivity index is 2.11. The number of rotatable bonds is 4. The summed E-state index contributed by atoms with van der Waals surface area (Å²) in [5.74, 6) is -0.521. The van der Waals surface area contributed by atoms with E-state index in [1.54, 1.807) is 12.1 Å². The average molecular weight is 261 g/mol. The molecule has 1 N–H and O–H groups in total. The lowest BCUT2D eigenvalue weighted by Gasteiger charge is -2.08. The number of nitrogens with one attached hydrogen (secondary N) is 1. The van der Waals surface area contributed by atoms with Crippen LogP contribution in [0.5, 0.6) is 0 Å². The lowest BCUT2D eigenvalue weighted by Crippen LogP contribution is -2.11. The van der Waals surface area contributed by atoms with E-state index >= 15 is 0 Å². The van der Waals surface area contributed by atoms with E-state index in [9.17, 15) is 9.18 Å². The molecule has 0 fully saturated rings. The van der Waals surface area contributed by atoms with Crippen LogP contribution < -0.4 is 5.32 Å². The van der Waals surface area contributed by atoms with Crippen LogP contribution in [0.2, 0.25) is 0 Å². The number of methoxy groups -OCH3 is 1. The van der Waals surface area contributed by atoms with Gasteiger partial charge in [-0.15, -0.1) is 0 Å². The third kappa shape index (κ3) is 3.25. The summed E-state index contributed by atoms with van der Waals surface area (Å²) in [5, 5.41) is 2.97. The predicted octanol–water partition coefficient (Wildman–Crippen LogP) is 2.01. The van der Waals surface area contributed by atoms with Gasteiger partial charge < -0.3 is 10.1 Å². The van der Waals surface area contributed by atoms with Crippen molar-refractivity contribution in [2.45, 2.75) is 6.54 Å². The zero-order valence-electron chi connectivity index (χ0n) is 10.3. The number of hydrogen-bond acceptors (Lipinski definition) is 5. The summed E-state index contributed by atoms with van der Waals surface area (Å²) in [4.78, 5) is 19.4. The molecule has 1 heterocycles. The third-order valence-electron chi connectivity index (χ3n) is 2.45. The van der Waals surface area contributed by atoms with E-state index < -0.39 is 5.97 Å². The Morgan fingerprint density at radius 2 is 1.95 bits per heavy atom. The van der Waals surface area contributed by atoms with E-state index in [1.165, 1.54) is 31.6 Å². The molecule has 0 bridgehead atoms. The Kier molecular flexibility index (Phi) is 4.02. The fourth-order valence-corrected chi connectivity index (χ4v) is 1.50. The van der Waals surface area contributed by atoms with Crippen LogP contribution in [-0.2, 0) is 11.3 Å². The van der Waals surface area contributed by atoms with E-state index in [-0.39, 0.29) is 11.5 Å². The summed E-state index contributed by atoms with van der Waals surface area (Å²) in [6.45, 7) is 0.406. The first-order valence-corrected chi connectivity index (χ1v) is 5.58. The number of anilines is 1. The second kappa shape index (κ2) is 5.90. The third-order valence-corrected chi connectivity index (χ3v) is 2.45. The Hall–Kier alpha value is -2.50. The van der Waals surface area contributed by atoms with E-state index in [0.29, 0.717) is 12.4 Å². The van der Waals surface area contributed by atoms with Gasteiger partial charge in [-0.25, -0.2) is 19.2 Å². The van der Waals surface area contributed by atoms with Crippen molar-refractivity contribution in [2.24, 2.45) is 0 Å². The van der Waals surface area contributed by atoms with Gasteiger partial charge in [0, 0.05) is 18.9 Å². The maximum atomic E-state index is 12.8. The Bertz CT molecular complexity index is 572. The normalized spacial score (nSPS) is 10.0. The molecule has 2 rings (SSSR count). The largest absolute Gasteiger partial charge is 0.464 e. The summed E-state index contributed by atoms with van der Waals surface area (Å²) < 4.78 is 17.4. The van der Waals surface area contributed by atoms with Crippen LogP contribution in [0.25, 0.3) is 0 Å². The number of ether oxygens (including phenoxy) is 1. The first-order valence-electron chi connectivity index (χ1n) is 5.58. The van der Waals surface area contributed by atoms with Crippen molar-refractivity contribution in [3.63, 3.8) is 0 Å². The van der Waals surface area contributed by atoms with Gasteiger partial charge in [0.2, 0.25) is 0 Å². The van der Waals surface area contributed by atoms with Crippen molar-refractivity contribution in [1.82, 2.24) is 9.97 Å². The summed E-state index contributed by atoms with van der Waals surface area (Å²) in [6, 6.07) is 6.04. The Labute approximate surface area is 109 Å². The first-order chi connectivity index (χ1) is 9.20.